The van der Waals surface area contributed by atoms with E-state index in [9.17, 15) is 0 Å². The number of rotatable bonds is 1. The van der Waals surface area contributed by atoms with Gasteiger partial charge in [0, 0.05) is 32.6 Å². The summed E-state index contributed by atoms with van der Waals surface area (Å²) >= 11 is 0. The highest BCUT2D eigenvalue weighted by Crippen LogP contribution is 2.68. The van der Waals surface area contributed by atoms with E-state index in [1.165, 1.54) is 60.5 Å². The van der Waals surface area contributed by atoms with Crippen LogP contribution in [0.25, 0.3) is 0 Å². The Morgan fingerprint density at radius 2 is 1.54 bits per heavy atom. The Morgan fingerprint density at radius 1 is 0.857 bits per heavy atom. The van der Waals surface area contributed by atoms with Crippen molar-refractivity contribution in [3.63, 3.8) is 0 Å². The second kappa shape index (κ2) is 7.33. The fourth-order valence-corrected chi connectivity index (χ4v) is 8.65. The van der Waals surface area contributed by atoms with Crippen molar-refractivity contribution in [2.24, 2.45) is 0 Å². The largest absolute Gasteiger partial charge is 0.316 e. The van der Waals surface area contributed by atoms with E-state index in [2.05, 4.69) is 124 Å². The summed E-state index contributed by atoms with van der Waals surface area (Å²) in [5, 5.41) is 0. The third-order valence-corrected chi connectivity index (χ3v) is 10.9. The highest BCUT2D eigenvalue weighted by molar-refractivity contribution is 8.33. The van der Waals surface area contributed by atoms with Crippen LogP contribution in [0.1, 0.15) is 38.8 Å². The quantitative estimate of drug-likeness (QED) is 0.327. The van der Waals surface area contributed by atoms with Crippen LogP contribution < -0.4 is 15.3 Å². The average molecular weight is 479 g/mol. The SMILES string of the molecule is C=C1CB2C=C(C)N(c3ccc(C(C)(C)C)cc3)c3ccc4c(c32)N1c1ccc(C)cc1S4(C)C. The molecule has 2 nitrogen and oxygen atoms in total. The molecule has 35 heavy (non-hydrogen) atoms. The molecular weight excluding hydrogens is 443 g/mol. The topological polar surface area (TPSA) is 6.48 Å². The molecule has 0 spiro atoms. The van der Waals surface area contributed by atoms with Crippen molar-refractivity contribution in [1.82, 2.24) is 0 Å². The van der Waals surface area contributed by atoms with Gasteiger partial charge < -0.3 is 9.80 Å². The van der Waals surface area contributed by atoms with E-state index >= 15 is 0 Å². The van der Waals surface area contributed by atoms with Crippen molar-refractivity contribution >= 4 is 45.0 Å². The lowest BCUT2D eigenvalue weighted by atomic mass is 9.39. The zero-order valence-corrected chi connectivity index (χ0v) is 22.9. The molecule has 6 rings (SSSR count). The number of benzene rings is 3. The van der Waals surface area contributed by atoms with Gasteiger partial charge in [0.25, 0.3) is 0 Å². The fraction of sp³-hybridized carbons (Fsp3) is 0.290. The summed E-state index contributed by atoms with van der Waals surface area (Å²) in [6.45, 7) is 16.2. The molecule has 178 valence electrons. The van der Waals surface area contributed by atoms with E-state index < -0.39 is 10.0 Å². The smallest absolute Gasteiger partial charge is 0.214 e. The molecule has 0 fully saturated rings. The maximum atomic E-state index is 4.59. The van der Waals surface area contributed by atoms with Gasteiger partial charge in [-0.05, 0) is 91.1 Å². The number of hydrogen-bond acceptors (Lipinski definition) is 2. The number of nitrogens with zero attached hydrogens (tertiary/aromatic N) is 2. The maximum absolute atomic E-state index is 4.59. The van der Waals surface area contributed by atoms with Gasteiger partial charge >= 0.3 is 0 Å². The summed E-state index contributed by atoms with van der Waals surface area (Å²) in [4.78, 5) is 7.89. The molecule has 3 aliphatic rings. The average Bonchev–Trinajstić information content (AvgIpc) is 2.78. The normalized spacial score (nSPS) is 18.7. The van der Waals surface area contributed by atoms with Crippen LogP contribution in [0.4, 0.5) is 22.7 Å². The molecule has 0 radical (unpaired) electrons. The molecule has 3 aromatic carbocycles. The monoisotopic (exact) mass is 478 g/mol. The van der Waals surface area contributed by atoms with Crippen LogP contribution in [0.5, 0.6) is 0 Å². The predicted molar refractivity (Wildman–Crippen MR) is 156 cm³/mol. The minimum absolute atomic E-state index is 0.148. The third-order valence-electron chi connectivity index (χ3n) is 8.01. The van der Waals surface area contributed by atoms with Gasteiger partial charge in [0.15, 0.2) is 0 Å². The second-order valence-corrected chi connectivity index (χ2v) is 15.3. The highest BCUT2D eigenvalue weighted by Gasteiger charge is 2.44. The summed E-state index contributed by atoms with van der Waals surface area (Å²) < 4.78 is 0. The summed E-state index contributed by atoms with van der Waals surface area (Å²) in [5.41, 5.74) is 12.1. The minimum Gasteiger partial charge on any atom is -0.316 e. The van der Waals surface area contributed by atoms with Crippen LogP contribution in [-0.4, -0.2) is 19.2 Å². The molecule has 3 aliphatic heterocycles. The molecule has 0 saturated heterocycles. The van der Waals surface area contributed by atoms with Gasteiger partial charge in [-0.1, -0.05) is 51.5 Å². The summed E-state index contributed by atoms with van der Waals surface area (Å²) in [5.74, 6) is 2.47. The number of aryl methyl sites for hydroxylation is 1. The van der Waals surface area contributed by atoms with Crippen LogP contribution in [0.3, 0.4) is 0 Å². The Labute approximate surface area is 212 Å². The first-order valence-corrected chi connectivity index (χ1v) is 15.0. The summed E-state index contributed by atoms with van der Waals surface area (Å²) in [6.07, 6.45) is 5.88. The summed E-state index contributed by atoms with van der Waals surface area (Å²) in [6, 6.07) is 20.9. The Hall–Kier alpha value is -2.85. The number of allylic oxidation sites excluding steroid dienone is 2. The van der Waals surface area contributed by atoms with Crippen molar-refractivity contribution in [3.05, 3.63) is 89.7 Å². The van der Waals surface area contributed by atoms with E-state index in [0.717, 1.165) is 6.32 Å². The Bertz CT molecular complexity index is 1430. The molecule has 0 bridgehead atoms. The van der Waals surface area contributed by atoms with Gasteiger partial charge in [0.05, 0.1) is 11.4 Å². The van der Waals surface area contributed by atoms with E-state index in [1.54, 1.807) is 0 Å². The molecule has 3 heterocycles. The Morgan fingerprint density at radius 3 is 2.23 bits per heavy atom. The van der Waals surface area contributed by atoms with Crippen LogP contribution in [0.15, 0.2) is 88.3 Å². The van der Waals surface area contributed by atoms with Crippen LogP contribution in [0, 0.1) is 6.92 Å². The van der Waals surface area contributed by atoms with Crippen molar-refractivity contribution in [1.29, 1.82) is 0 Å². The molecule has 0 unspecified atom stereocenters. The van der Waals surface area contributed by atoms with Crippen molar-refractivity contribution in [3.8, 4) is 0 Å². The lowest BCUT2D eigenvalue weighted by Gasteiger charge is -2.51. The van der Waals surface area contributed by atoms with Gasteiger partial charge in [0.2, 0.25) is 6.71 Å². The van der Waals surface area contributed by atoms with E-state index in [-0.39, 0.29) is 5.41 Å². The van der Waals surface area contributed by atoms with Gasteiger partial charge in [-0.25, -0.2) is 0 Å². The Balaban J connectivity index is 1.58. The Kier molecular flexibility index (Phi) is 4.74. The highest BCUT2D eigenvalue weighted by atomic mass is 32.3. The summed E-state index contributed by atoms with van der Waals surface area (Å²) in [7, 11) is -1.14. The molecule has 0 saturated carbocycles. The minimum atomic E-state index is -1.14. The fourth-order valence-electron chi connectivity index (χ4n) is 6.16. The molecule has 0 aliphatic carbocycles. The van der Waals surface area contributed by atoms with Gasteiger partial charge in [-0.15, -0.1) is 0 Å². The number of hydrogen-bond donors (Lipinski definition) is 0. The zero-order chi connectivity index (χ0) is 24.9. The first-order chi connectivity index (χ1) is 16.5. The zero-order valence-electron chi connectivity index (χ0n) is 22.1. The van der Waals surface area contributed by atoms with E-state index in [4.69, 9.17) is 0 Å². The van der Waals surface area contributed by atoms with Crippen LogP contribution >= 0.6 is 10.0 Å². The number of fused-ring (bicyclic) bond motifs is 2. The van der Waals surface area contributed by atoms with Crippen LogP contribution in [-0.2, 0) is 5.41 Å². The third kappa shape index (κ3) is 3.19. The molecule has 0 aromatic heterocycles. The van der Waals surface area contributed by atoms with Gasteiger partial charge in [0.1, 0.15) is 0 Å². The van der Waals surface area contributed by atoms with E-state index in [0.29, 0.717) is 6.71 Å². The predicted octanol–water partition coefficient (Wildman–Crippen LogP) is 8.05. The second-order valence-electron chi connectivity index (χ2n) is 11.8. The van der Waals surface area contributed by atoms with Crippen LogP contribution in [0.2, 0.25) is 6.32 Å². The van der Waals surface area contributed by atoms with E-state index in [1.807, 2.05) is 0 Å². The van der Waals surface area contributed by atoms with Gasteiger partial charge in [-0.2, -0.15) is 10.0 Å². The molecule has 4 heteroatoms. The first kappa shape index (κ1) is 22.6. The van der Waals surface area contributed by atoms with Crippen molar-refractivity contribution in [2.45, 2.75) is 56.1 Å². The molecule has 0 N–H and O–H groups in total. The molecule has 0 amide bonds. The molecule has 0 atom stereocenters. The standard InChI is InChI=1S/C31H35BN2S/c1-20-9-14-25-28(17-20)35(7,8)27-16-15-26-29-30(27)34(25)22(3)19-32(29)18-21(2)33(26)24-12-10-23(11-13-24)31(4,5)6/h9-18H,3,19H2,1-2,4-8H3. The number of anilines is 4. The molecular formula is C31H35BN2S. The lowest BCUT2D eigenvalue weighted by Crippen LogP contribution is -2.47. The van der Waals surface area contributed by atoms with Crippen molar-refractivity contribution < 1.29 is 0 Å². The molecule has 3 aromatic rings. The first-order valence-electron chi connectivity index (χ1n) is 12.6. The lowest BCUT2D eigenvalue weighted by molar-refractivity contribution is 0.590. The van der Waals surface area contributed by atoms with Crippen molar-refractivity contribution in [2.75, 3.05) is 22.3 Å². The van der Waals surface area contributed by atoms with Gasteiger partial charge in [-0.3, -0.25) is 0 Å². The maximum Gasteiger partial charge on any atom is 0.214 e.